The molecular formula is C11H10ClNO2. The molecule has 3 nitrogen and oxygen atoms in total. The van der Waals surface area contributed by atoms with Gasteiger partial charge in [-0.2, -0.15) is 0 Å². The van der Waals surface area contributed by atoms with Crippen LogP contribution in [0.5, 0.6) is 0 Å². The molecule has 0 radical (unpaired) electrons. The minimum atomic E-state index is -0.984. The van der Waals surface area contributed by atoms with Crippen LogP contribution >= 0.6 is 11.6 Å². The van der Waals surface area contributed by atoms with Crippen molar-refractivity contribution in [3.8, 4) is 0 Å². The molecule has 1 aromatic rings. The van der Waals surface area contributed by atoms with Crippen molar-refractivity contribution in [3.63, 3.8) is 0 Å². The molecule has 0 saturated carbocycles. The van der Waals surface area contributed by atoms with Crippen molar-refractivity contribution in [2.24, 2.45) is 0 Å². The van der Waals surface area contributed by atoms with Gasteiger partial charge in [-0.1, -0.05) is 29.8 Å². The summed E-state index contributed by atoms with van der Waals surface area (Å²) in [6.07, 6.45) is 4.01. The van der Waals surface area contributed by atoms with Crippen molar-refractivity contribution in [1.29, 1.82) is 0 Å². The molecule has 0 fully saturated rings. The van der Waals surface area contributed by atoms with Crippen LogP contribution in [0.4, 0.5) is 5.69 Å². The highest BCUT2D eigenvalue weighted by Gasteiger charge is 2.19. The highest BCUT2D eigenvalue weighted by atomic mass is 35.5. The first-order valence-corrected chi connectivity index (χ1v) is 4.99. The van der Waals surface area contributed by atoms with Gasteiger partial charge in [0.15, 0.2) is 0 Å². The number of nitrogens with zero attached hydrogens (tertiary/aromatic N) is 1. The number of anilines is 1. The fourth-order valence-corrected chi connectivity index (χ4v) is 1.91. The van der Waals surface area contributed by atoms with Gasteiger partial charge in [-0.05, 0) is 12.1 Å². The van der Waals surface area contributed by atoms with Gasteiger partial charge >= 0.3 is 5.97 Å². The summed E-state index contributed by atoms with van der Waals surface area (Å²) in [7, 11) is 0. The molecule has 15 heavy (non-hydrogen) atoms. The number of rotatable bonds is 2. The lowest BCUT2D eigenvalue weighted by molar-refractivity contribution is 0.0698. The number of hydrogen-bond acceptors (Lipinski definition) is 2. The maximum absolute atomic E-state index is 11.1. The van der Waals surface area contributed by atoms with Crippen molar-refractivity contribution >= 4 is 23.3 Å². The van der Waals surface area contributed by atoms with E-state index in [-0.39, 0.29) is 10.6 Å². The molecule has 0 atom stereocenters. The Morgan fingerprint density at radius 3 is 2.60 bits per heavy atom. The lowest BCUT2D eigenvalue weighted by Crippen LogP contribution is -2.21. The van der Waals surface area contributed by atoms with Gasteiger partial charge in [0.25, 0.3) is 0 Å². The monoisotopic (exact) mass is 223 g/mol. The van der Waals surface area contributed by atoms with Crippen LogP contribution in [0, 0.1) is 0 Å². The lowest BCUT2D eigenvalue weighted by Gasteiger charge is -2.20. The Morgan fingerprint density at radius 1 is 1.33 bits per heavy atom. The number of halogens is 1. The van der Waals surface area contributed by atoms with E-state index in [1.54, 1.807) is 18.2 Å². The smallest absolute Gasteiger partial charge is 0.339 e. The number of carboxylic acid groups (broad SMARTS) is 1. The Bertz CT molecular complexity index is 421. The molecule has 0 aromatic heterocycles. The predicted molar refractivity (Wildman–Crippen MR) is 59.8 cm³/mol. The zero-order valence-corrected chi connectivity index (χ0v) is 8.74. The molecule has 0 saturated heterocycles. The van der Waals surface area contributed by atoms with Crippen LogP contribution in [0.15, 0.2) is 30.4 Å². The third kappa shape index (κ3) is 1.83. The van der Waals surface area contributed by atoms with Gasteiger partial charge in [0, 0.05) is 13.1 Å². The number of carboxylic acids is 1. The molecule has 1 heterocycles. The van der Waals surface area contributed by atoms with Gasteiger partial charge < -0.3 is 10.0 Å². The fraction of sp³-hybridized carbons (Fsp3) is 0.182. The first-order valence-electron chi connectivity index (χ1n) is 4.62. The summed E-state index contributed by atoms with van der Waals surface area (Å²) >= 11 is 5.87. The van der Waals surface area contributed by atoms with Gasteiger partial charge in [0.05, 0.1) is 10.7 Å². The van der Waals surface area contributed by atoms with Crippen LogP contribution in [0.1, 0.15) is 10.4 Å². The van der Waals surface area contributed by atoms with E-state index >= 15 is 0 Å². The number of benzene rings is 1. The number of hydrogen-bond donors (Lipinski definition) is 1. The molecule has 0 unspecified atom stereocenters. The Morgan fingerprint density at radius 2 is 2.00 bits per heavy atom. The Kier molecular flexibility index (Phi) is 2.64. The van der Waals surface area contributed by atoms with Gasteiger partial charge in [-0.25, -0.2) is 4.79 Å². The summed E-state index contributed by atoms with van der Waals surface area (Å²) in [6.45, 7) is 1.47. The summed E-state index contributed by atoms with van der Waals surface area (Å²) in [5.41, 5.74) is 0.864. The van der Waals surface area contributed by atoms with Gasteiger partial charge in [-0.3, -0.25) is 0 Å². The largest absolute Gasteiger partial charge is 0.478 e. The molecule has 1 aliphatic heterocycles. The maximum atomic E-state index is 11.1. The van der Waals surface area contributed by atoms with E-state index in [1.165, 1.54) is 0 Å². The number of aromatic carboxylic acids is 1. The average molecular weight is 224 g/mol. The standard InChI is InChI=1S/C11H10ClNO2/c12-8-4-3-5-9(10(8)11(14)15)13-6-1-2-7-13/h1-5H,6-7H2,(H,14,15). The van der Waals surface area contributed by atoms with Crippen molar-refractivity contribution in [2.45, 2.75) is 0 Å². The topological polar surface area (TPSA) is 40.5 Å². The third-order valence-corrected chi connectivity index (χ3v) is 2.68. The number of carbonyl (C=O) groups is 1. The SMILES string of the molecule is O=C(O)c1c(Cl)cccc1N1CC=CC1. The molecule has 0 aliphatic carbocycles. The quantitative estimate of drug-likeness (QED) is 0.783. The molecule has 1 aliphatic rings. The second-order valence-electron chi connectivity index (χ2n) is 3.32. The lowest BCUT2D eigenvalue weighted by atomic mass is 10.1. The zero-order valence-electron chi connectivity index (χ0n) is 7.98. The first kappa shape index (κ1) is 10.1. The Hall–Kier alpha value is -1.48. The highest BCUT2D eigenvalue weighted by Crippen LogP contribution is 2.28. The molecule has 78 valence electrons. The van der Waals surface area contributed by atoms with Crippen molar-refractivity contribution < 1.29 is 9.90 Å². The normalized spacial score (nSPS) is 14.6. The highest BCUT2D eigenvalue weighted by molar-refractivity contribution is 6.34. The minimum absolute atomic E-state index is 0.183. The molecule has 0 bridgehead atoms. The fourth-order valence-electron chi connectivity index (χ4n) is 1.66. The Balaban J connectivity index is 2.45. The van der Waals surface area contributed by atoms with E-state index in [1.807, 2.05) is 17.1 Å². The zero-order chi connectivity index (χ0) is 10.8. The van der Waals surface area contributed by atoms with Gasteiger partial charge in [-0.15, -0.1) is 0 Å². The molecule has 0 amide bonds. The van der Waals surface area contributed by atoms with Crippen LogP contribution in [-0.2, 0) is 0 Å². The van der Waals surface area contributed by atoms with E-state index in [0.717, 1.165) is 13.1 Å². The molecular weight excluding hydrogens is 214 g/mol. The summed E-state index contributed by atoms with van der Waals surface area (Å²) in [5, 5.41) is 9.36. The van der Waals surface area contributed by atoms with E-state index < -0.39 is 5.97 Å². The van der Waals surface area contributed by atoms with E-state index in [0.29, 0.717) is 5.69 Å². The molecule has 1 N–H and O–H groups in total. The van der Waals surface area contributed by atoms with Gasteiger partial charge in [0.2, 0.25) is 0 Å². The maximum Gasteiger partial charge on any atom is 0.339 e. The molecule has 1 aromatic carbocycles. The first-order chi connectivity index (χ1) is 7.20. The second kappa shape index (κ2) is 3.95. The Labute approximate surface area is 92.6 Å². The molecule has 4 heteroatoms. The van der Waals surface area contributed by atoms with Gasteiger partial charge in [0.1, 0.15) is 5.56 Å². The summed E-state index contributed by atoms with van der Waals surface area (Å²) in [4.78, 5) is 13.0. The third-order valence-electron chi connectivity index (χ3n) is 2.36. The summed E-state index contributed by atoms with van der Waals surface area (Å²) in [6, 6.07) is 5.14. The van der Waals surface area contributed by atoms with Crippen molar-refractivity contribution in [2.75, 3.05) is 18.0 Å². The van der Waals surface area contributed by atoms with Crippen molar-refractivity contribution in [1.82, 2.24) is 0 Å². The average Bonchev–Trinajstić information content (AvgIpc) is 2.69. The summed E-state index contributed by atoms with van der Waals surface area (Å²) in [5.74, 6) is -0.984. The van der Waals surface area contributed by atoms with Crippen LogP contribution in [0.3, 0.4) is 0 Å². The minimum Gasteiger partial charge on any atom is -0.478 e. The van der Waals surface area contributed by atoms with E-state index in [9.17, 15) is 4.79 Å². The molecule has 2 rings (SSSR count). The van der Waals surface area contributed by atoms with Crippen LogP contribution in [0.25, 0.3) is 0 Å². The van der Waals surface area contributed by atoms with Crippen LogP contribution in [-0.4, -0.2) is 24.2 Å². The van der Waals surface area contributed by atoms with Crippen molar-refractivity contribution in [3.05, 3.63) is 40.9 Å². The predicted octanol–water partition coefficient (Wildman–Crippen LogP) is 2.41. The second-order valence-corrected chi connectivity index (χ2v) is 3.72. The summed E-state index contributed by atoms with van der Waals surface area (Å²) < 4.78 is 0. The van der Waals surface area contributed by atoms with Crippen LogP contribution in [0.2, 0.25) is 5.02 Å². The molecule has 0 spiro atoms. The van der Waals surface area contributed by atoms with E-state index in [4.69, 9.17) is 16.7 Å². The van der Waals surface area contributed by atoms with Crippen LogP contribution < -0.4 is 4.90 Å². The van der Waals surface area contributed by atoms with E-state index in [2.05, 4.69) is 0 Å².